The molecule has 0 aliphatic carbocycles. The van der Waals surface area contributed by atoms with E-state index in [1.807, 2.05) is 22.6 Å². The molecule has 2 aromatic rings. The van der Waals surface area contributed by atoms with Gasteiger partial charge in [0.2, 0.25) is 5.75 Å². The monoisotopic (exact) mass is 517 g/mol. The van der Waals surface area contributed by atoms with Gasteiger partial charge in [0.05, 0.1) is 31.9 Å². The van der Waals surface area contributed by atoms with Gasteiger partial charge >= 0.3 is 5.97 Å². The van der Waals surface area contributed by atoms with Crippen LogP contribution in [0.5, 0.6) is 17.2 Å². The van der Waals surface area contributed by atoms with Gasteiger partial charge < -0.3 is 24.6 Å². The highest BCUT2D eigenvalue weighted by atomic mass is 127. The first kappa shape index (κ1) is 21.8. The third-order valence-electron chi connectivity index (χ3n) is 3.69. The molecule has 0 aliphatic heterocycles. The number of hydrogen-bond acceptors (Lipinski definition) is 5. The van der Waals surface area contributed by atoms with Crippen LogP contribution in [0.25, 0.3) is 6.08 Å². The molecule has 0 radical (unpaired) electrons. The van der Waals surface area contributed by atoms with Crippen LogP contribution < -0.4 is 19.5 Å². The third kappa shape index (κ3) is 4.87. The van der Waals surface area contributed by atoms with Crippen molar-refractivity contribution in [3.05, 3.63) is 55.7 Å². The molecule has 2 rings (SSSR count). The average molecular weight is 518 g/mol. The Kier molecular flexibility index (Phi) is 7.53. The number of carboxylic acids is 1. The number of rotatable bonds is 7. The lowest BCUT2D eigenvalue weighted by atomic mass is 10.1. The molecule has 0 aromatic heterocycles. The first-order valence-corrected chi connectivity index (χ1v) is 9.28. The van der Waals surface area contributed by atoms with E-state index < -0.39 is 11.9 Å². The first-order chi connectivity index (χ1) is 13.3. The van der Waals surface area contributed by atoms with E-state index in [4.69, 9.17) is 25.8 Å². The second-order valence-electron chi connectivity index (χ2n) is 5.37. The van der Waals surface area contributed by atoms with Crippen LogP contribution >= 0.6 is 34.2 Å². The molecule has 0 spiro atoms. The van der Waals surface area contributed by atoms with Crippen LogP contribution in [0, 0.1) is 3.57 Å². The van der Waals surface area contributed by atoms with Gasteiger partial charge in [0, 0.05) is 9.13 Å². The minimum atomic E-state index is -1.33. The summed E-state index contributed by atoms with van der Waals surface area (Å²) >= 11 is 8.09. The Morgan fingerprint density at radius 1 is 1.07 bits per heavy atom. The van der Waals surface area contributed by atoms with Crippen LogP contribution in [0.1, 0.15) is 15.9 Å². The van der Waals surface area contributed by atoms with Crippen molar-refractivity contribution in [1.82, 2.24) is 5.32 Å². The number of hydrogen-bond donors (Lipinski definition) is 2. The Morgan fingerprint density at radius 2 is 1.75 bits per heavy atom. The smallest absolute Gasteiger partial charge is 0.352 e. The van der Waals surface area contributed by atoms with Gasteiger partial charge in [-0.1, -0.05) is 11.6 Å². The van der Waals surface area contributed by atoms with Crippen LogP contribution in [0.3, 0.4) is 0 Å². The summed E-state index contributed by atoms with van der Waals surface area (Å²) in [6.07, 6.45) is 1.27. The number of carbonyl (C=O) groups is 2. The summed E-state index contributed by atoms with van der Waals surface area (Å²) in [7, 11) is 4.33. The largest absolute Gasteiger partial charge is 0.493 e. The van der Waals surface area contributed by atoms with Crippen LogP contribution in [-0.4, -0.2) is 38.3 Å². The number of carbonyl (C=O) groups excluding carboxylic acids is 1. The lowest BCUT2D eigenvalue weighted by molar-refractivity contribution is -0.132. The zero-order valence-corrected chi connectivity index (χ0v) is 18.1. The van der Waals surface area contributed by atoms with Gasteiger partial charge in [-0.05, 0) is 59.0 Å². The van der Waals surface area contributed by atoms with Gasteiger partial charge in [0.15, 0.2) is 11.5 Å². The van der Waals surface area contributed by atoms with Crippen molar-refractivity contribution < 1.29 is 28.9 Å². The zero-order valence-electron chi connectivity index (χ0n) is 15.2. The van der Waals surface area contributed by atoms with Crippen molar-refractivity contribution >= 4 is 52.1 Å². The Morgan fingerprint density at radius 3 is 2.32 bits per heavy atom. The lowest BCUT2D eigenvalue weighted by Gasteiger charge is -2.15. The highest BCUT2D eigenvalue weighted by molar-refractivity contribution is 14.1. The second-order valence-corrected chi connectivity index (χ2v) is 7.02. The number of methoxy groups -OCH3 is 3. The number of aliphatic carboxylic acids is 1. The second kappa shape index (κ2) is 9.65. The van der Waals surface area contributed by atoms with E-state index in [1.165, 1.54) is 27.4 Å². The average Bonchev–Trinajstić information content (AvgIpc) is 2.68. The summed E-state index contributed by atoms with van der Waals surface area (Å²) in [5.41, 5.74) is 0.192. The van der Waals surface area contributed by atoms with E-state index in [-0.39, 0.29) is 22.0 Å². The molecule has 9 heteroatoms. The van der Waals surface area contributed by atoms with Crippen molar-refractivity contribution in [2.45, 2.75) is 0 Å². The number of halogens is 2. The molecular weight excluding hydrogens is 501 g/mol. The highest BCUT2D eigenvalue weighted by Crippen LogP contribution is 2.40. The van der Waals surface area contributed by atoms with E-state index >= 15 is 0 Å². The number of ether oxygens (including phenoxy) is 3. The number of nitrogens with one attached hydrogen (secondary N) is 1. The first-order valence-electron chi connectivity index (χ1n) is 7.82. The van der Waals surface area contributed by atoms with Crippen LogP contribution in [0.15, 0.2) is 36.0 Å². The molecule has 0 bridgehead atoms. The third-order valence-corrected chi connectivity index (χ3v) is 4.69. The Balaban J connectivity index is 2.47. The molecule has 0 heterocycles. The summed E-state index contributed by atoms with van der Waals surface area (Å²) in [5, 5.41) is 12.1. The van der Waals surface area contributed by atoms with Gasteiger partial charge in [0.1, 0.15) is 5.70 Å². The summed E-state index contributed by atoms with van der Waals surface area (Å²) in [6, 6.07) is 8.06. The molecule has 2 aromatic carbocycles. The van der Waals surface area contributed by atoms with E-state index in [9.17, 15) is 14.7 Å². The quantitative estimate of drug-likeness (QED) is 0.428. The minimum absolute atomic E-state index is 0.167. The fraction of sp³-hybridized carbons (Fsp3) is 0.158. The van der Waals surface area contributed by atoms with E-state index in [2.05, 4.69) is 5.32 Å². The summed E-state index contributed by atoms with van der Waals surface area (Å²) in [4.78, 5) is 24.2. The topological polar surface area (TPSA) is 94.1 Å². The molecular formula is C19H17ClINO6. The fourth-order valence-corrected chi connectivity index (χ4v) is 3.10. The van der Waals surface area contributed by atoms with Gasteiger partial charge in [-0.15, -0.1) is 0 Å². The van der Waals surface area contributed by atoms with E-state index in [1.54, 1.807) is 30.3 Å². The van der Waals surface area contributed by atoms with Crippen molar-refractivity contribution in [2.24, 2.45) is 0 Å². The predicted octanol–water partition coefficient (Wildman–Crippen LogP) is 3.83. The van der Waals surface area contributed by atoms with Crippen LogP contribution in [-0.2, 0) is 4.79 Å². The van der Waals surface area contributed by atoms with Crippen LogP contribution in [0.4, 0.5) is 0 Å². The van der Waals surface area contributed by atoms with E-state index in [0.29, 0.717) is 17.1 Å². The molecule has 0 unspecified atom stereocenters. The fourth-order valence-electron chi connectivity index (χ4n) is 2.41. The maximum absolute atomic E-state index is 12.5. The normalized spacial score (nSPS) is 11.0. The standard InChI is InChI=1S/C19H17ClINO6/c1-26-15-7-4-10(16(27-2)17(15)28-3)8-14(19(24)25)22-18(23)12-9-11(21)5-6-13(12)20/h4-9H,1-3H3,(H,22,23)(H,24,25). The van der Waals surface area contributed by atoms with E-state index in [0.717, 1.165) is 3.57 Å². The molecule has 2 N–H and O–H groups in total. The number of carboxylic acid groups (broad SMARTS) is 1. The molecule has 0 saturated carbocycles. The highest BCUT2D eigenvalue weighted by Gasteiger charge is 2.19. The summed E-state index contributed by atoms with van der Waals surface area (Å²) in [6.45, 7) is 0. The van der Waals surface area contributed by atoms with Crippen molar-refractivity contribution in [3.63, 3.8) is 0 Å². The lowest BCUT2D eigenvalue weighted by Crippen LogP contribution is -2.27. The minimum Gasteiger partial charge on any atom is -0.493 e. The Bertz CT molecular complexity index is 944. The predicted molar refractivity (Wildman–Crippen MR) is 113 cm³/mol. The molecule has 1 amide bonds. The molecule has 0 aliphatic rings. The zero-order chi connectivity index (χ0) is 20.8. The molecule has 0 fully saturated rings. The van der Waals surface area contributed by atoms with Gasteiger partial charge in [-0.25, -0.2) is 4.79 Å². The summed E-state index contributed by atoms with van der Waals surface area (Å²) < 4.78 is 16.6. The number of benzene rings is 2. The van der Waals surface area contributed by atoms with Gasteiger partial charge in [0.25, 0.3) is 5.91 Å². The Hall–Kier alpha value is -2.46. The van der Waals surface area contributed by atoms with Gasteiger partial charge in [-0.2, -0.15) is 0 Å². The van der Waals surface area contributed by atoms with Gasteiger partial charge in [-0.3, -0.25) is 4.79 Å². The molecule has 0 atom stereocenters. The maximum atomic E-state index is 12.5. The molecule has 7 nitrogen and oxygen atoms in total. The molecule has 148 valence electrons. The summed E-state index contributed by atoms with van der Waals surface area (Å²) in [5.74, 6) is -0.982. The SMILES string of the molecule is COc1ccc(C=C(NC(=O)c2cc(I)ccc2Cl)C(=O)O)c(OC)c1OC. The van der Waals surface area contributed by atoms with Crippen molar-refractivity contribution in [3.8, 4) is 17.2 Å². The maximum Gasteiger partial charge on any atom is 0.352 e. The number of amides is 1. The Labute approximate surface area is 180 Å². The van der Waals surface area contributed by atoms with Crippen molar-refractivity contribution in [1.29, 1.82) is 0 Å². The molecule has 0 saturated heterocycles. The van der Waals surface area contributed by atoms with Crippen LogP contribution in [0.2, 0.25) is 5.02 Å². The van der Waals surface area contributed by atoms with Crippen molar-refractivity contribution in [2.75, 3.05) is 21.3 Å². The molecule has 28 heavy (non-hydrogen) atoms.